The normalized spacial score (nSPS) is 12.3. The molecule has 2 rings (SSSR count). The van der Waals surface area contributed by atoms with Crippen LogP contribution in [0.4, 0.5) is 0 Å². The van der Waals surface area contributed by atoms with Crippen LogP contribution in [0.2, 0.25) is 0 Å². The number of hydrogen-bond acceptors (Lipinski definition) is 3. The quantitative estimate of drug-likeness (QED) is 0.103. The number of ether oxygens (including phenoxy) is 2. The van der Waals surface area contributed by atoms with Gasteiger partial charge in [0.2, 0.25) is 0 Å². The summed E-state index contributed by atoms with van der Waals surface area (Å²) in [5.74, 6) is 0.619. The Morgan fingerprint density at radius 1 is 0.757 bits per heavy atom. The molecular formula is C33H52NO3+. The second kappa shape index (κ2) is 18.0. The Hall–Kier alpha value is -2.33. The zero-order valence-corrected chi connectivity index (χ0v) is 24.1. The minimum absolute atomic E-state index is 0.125. The minimum atomic E-state index is -0.141. The van der Waals surface area contributed by atoms with Gasteiger partial charge in [-0.05, 0) is 37.5 Å². The van der Waals surface area contributed by atoms with Gasteiger partial charge in [0.05, 0.1) is 33.9 Å². The number of carbonyl (C=O) groups is 1. The van der Waals surface area contributed by atoms with Crippen molar-refractivity contribution in [2.24, 2.45) is 5.92 Å². The molecule has 0 aliphatic rings. The second-order valence-electron chi connectivity index (χ2n) is 11.3. The first-order valence-corrected chi connectivity index (χ1v) is 14.6. The lowest BCUT2D eigenvalue weighted by molar-refractivity contribution is -0.905. The van der Waals surface area contributed by atoms with E-state index in [4.69, 9.17) is 9.47 Å². The second-order valence-corrected chi connectivity index (χ2v) is 11.3. The van der Waals surface area contributed by atoms with Crippen LogP contribution >= 0.6 is 0 Å². The third kappa shape index (κ3) is 14.3. The summed E-state index contributed by atoms with van der Waals surface area (Å²) in [5.41, 5.74) is 2.66. The Kier molecular flexibility index (Phi) is 15.0. The number of unbranched alkanes of at least 4 members (excludes halogenated alkanes) is 8. The standard InChI is InChI=1S/C33H52NO3/c1-5-6-7-8-9-10-11-12-14-18-30-21-23-32(24-22-30)36-25-17-26-37-33(35)29(2)27-34(3,4)28-31-19-15-13-16-20-31/h13,15-16,19-24,29H,5-12,14,17-18,25-28H2,1-4H3/q+1. The molecule has 0 saturated heterocycles. The maximum atomic E-state index is 12.5. The van der Waals surface area contributed by atoms with E-state index in [1.807, 2.05) is 13.0 Å². The Bertz CT molecular complexity index is 848. The summed E-state index contributed by atoms with van der Waals surface area (Å²) in [4.78, 5) is 12.5. The maximum absolute atomic E-state index is 12.5. The number of rotatable bonds is 20. The van der Waals surface area contributed by atoms with Crippen molar-refractivity contribution in [1.82, 2.24) is 0 Å². The molecule has 4 nitrogen and oxygen atoms in total. The van der Waals surface area contributed by atoms with Crippen LogP contribution in [-0.4, -0.2) is 44.3 Å². The van der Waals surface area contributed by atoms with Gasteiger partial charge in [-0.15, -0.1) is 0 Å². The predicted molar refractivity (Wildman–Crippen MR) is 155 cm³/mol. The molecule has 0 fully saturated rings. The van der Waals surface area contributed by atoms with Crippen molar-refractivity contribution < 1.29 is 18.8 Å². The third-order valence-corrected chi connectivity index (χ3v) is 6.92. The lowest BCUT2D eigenvalue weighted by Gasteiger charge is -2.31. The van der Waals surface area contributed by atoms with E-state index in [1.165, 1.54) is 68.9 Å². The number of aryl methyl sites for hydroxylation is 1. The van der Waals surface area contributed by atoms with Gasteiger partial charge in [-0.1, -0.05) is 101 Å². The van der Waals surface area contributed by atoms with Gasteiger partial charge in [-0.25, -0.2) is 0 Å². The van der Waals surface area contributed by atoms with Gasteiger partial charge in [0.15, 0.2) is 0 Å². The van der Waals surface area contributed by atoms with Crippen molar-refractivity contribution >= 4 is 5.97 Å². The van der Waals surface area contributed by atoms with Crippen molar-refractivity contribution in [3.8, 4) is 5.75 Å². The fourth-order valence-electron chi connectivity index (χ4n) is 4.91. The van der Waals surface area contributed by atoms with Crippen LogP contribution in [-0.2, 0) is 22.5 Å². The summed E-state index contributed by atoms with van der Waals surface area (Å²) in [5, 5.41) is 0. The Morgan fingerprint density at radius 3 is 2.03 bits per heavy atom. The molecule has 37 heavy (non-hydrogen) atoms. The summed E-state index contributed by atoms with van der Waals surface area (Å²) in [7, 11) is 4.32. The molecule has 0 aliphatic carbocycles. The van der Waals surface area contributed by atoms with Crippen LogP contribution in [0.25, 0.3) is 0 Å². The highest BCUT2D eigenvalue weighted by Crippen LogP contribution is 2.17. The van der Waals surface area contributed by atoms with Gasteiger partial charge in [-0.2, -0.15) is 0 Å². The van der Waals surface area contributed by atoms with E-state index in [1.54, 1.807) is 0 Å². The number of quaternary nitrogens is 1. The number of nitrogens with zero attached hydrogens (tertiary/aromatic N) is 1. The van der Waals surface area contributed by atoms with Crippen LogP contribution in [0.5, 0.6) is 5.75 Å². The topological polar surface area (TPSA) is 35.5 Å². The molecule has 0 heterocycles. The van der Waals surface area contributed by atoms with Gasteiger partial charge < -0.3 is 14.0 Å². The monoisotopic (exact) mass is 510 g/mol. The minimum Gasteiger partial charge on any atom is -0.493 e. The summed E-state index contributed by atoms with van der Waals surface area (Å²) in [6, 6.07) is 18.9. The average Bonchev–Trinajstić information content (AvgIpc) is 2.88. The molecule has 0 aliphatic heterocycles. The van der Waals surface area contributed by atoms with Crippen LogP contribution in [0.1, 0.15) is 89.2 Å². The molecular weight excluding hydrogens is 458 g/mol. The zero-order valence-electron chi connectivity index (χ0n) is 24.1. The highest BCUT2D eigenvalue weighted by Gasteiger charge is 2.25. The molecule has 0 saturated carbocycles. The molecule has 2 aromatic carbocycles. The van der Waals surface area contributed by atoms with E-state index in [0.717, 1.165) is 29.7 Å². The smallest absolute Gasteiger partial charge is 0.314 e. The Morgan fingerprint density at radius 2 is 1.38 bits per heavy atom. The van der Waals surface area contributed by atoms with E-state index in [2.05, 4.69) is 69.6 Å². The molecule has 2 aromatic rings. The van der Waals surface area contributed by atoms with E-state index in [9.17, 15) is 4.79 Å². The summed E-state index contributed by atoms with van der Waals surface area (Å²) < 4.78 is 12.1. The number of benzene rings is 2. The van der Waals surface area contributed by atoms with Crippen molar-refractivity contribution in [2.45, 2.75) is 91.0 Å². The predicted octanol–water partition coefficient (Wildman–Crippen LogP) is 7.98. The third-order valence-electron chi connectivity index (χ3n) is 6.92. The molecule has 0 N–H and O–H groups in total. The van der Waals surface area contributed by atoms with Crippen molar-refractivity contribution in [3.05, 3.63) is 65.7 Å². The number of hydrogen-bond donors (Lipinski definition) is 0. The molecule has 0 amide bonds. The van der Waals surface area contributed by atoms with Crippen LogP contribution in [0.15, 0.2) is 54.6 Å². The molecule has 0 bridgehead atoms. The van der Waals surface area contributed by atoms with Crippen LogP contribution in [0, 0.1) is 5.92 Å². The fraction of sp³-hybridized carbons (Fsp3) is 0.606. The first-order chi connectivity index (χ1) is 17.9. The average molecular weight is 511 g/mol. The molecule has 1 atom stereocenters. The fourth-order valence-corrected chi connectivity index (χ4v) is 4.91. The van der Waals surface area contributed by atoms with E-state index in [-0.39, 0.29) is 11.9 Å². The number of carbonyl (C=O) groups excluding carboxylic acids is 1. The first kappa shape index (κ1) is 30.9. The molecule has 0 radical (unpaired) electrons. The van der Waals surface area contributed by atoms with Gasteiger partial charge >= 0.3 is 5.97 Å². The number of esters is 1. The zero-order chi connectivity index (χ0) is 26.8. The lowest BCUT2D eigenvalue weighted by atomic mass is 10.0. The molecule has 206 valence electrons. The van der Waals surface area contributed by atoms with Crippen molar-refractivity contribution in [2.75, 3.05) is 33.9 Å². The maximum Gasteiger partial charge on any atom is 0.314 e. The molecule has 0 aromatic heterocycles. The van der Waals surface area contributed by atoms with Crippen LogP contribution in [0.3, 0.4) is 0 Å². The molecule has 0 spiro atoms. The summed E-state index contributed by atoms with van der Waals surface area (Å²) in [6.45, 7) is 6.82. The first-order valence-electron chi connectivity index (χ1n) is 14.6. The van der Waals surface area contributed by atoms with Gasteiger partial charge in [0, 0.05) is 12.0 Å². The van der Waals surface area contributed by atoms with Gasteiger partial charge in [0.25, 0.3) is 0 Å². The van der Waals surface area contributed by atoms with Gasteiger partial charge in [-0.3, -0.25) is 4.79 Å². The Labute approximate surface area is 227 Å². The van der Waals surface area contributed by atoms with Crippen LogP contribution < -0.4 is 4.74 Å². The van der Waals surface area contributed by atoms with E-state index < -0.39 is 0 Å². The Balaban J connectivity index is 1.53. The SMILES string of the molecule is CCCCCCCCCCCc1ccc(OCCCOC(=O)C(C)C[N+](C)(C)Cc2ccccc2)cc1. The highest BCUT2D eigenvalue weighted by molar-refractivity contribution is 5.72. The highest BCUT2D eigenvalue weighted by atomic mass is 16.5. The summed E-state index contributed by atoms with van der Waals surface area (Å²) in [6.07, 6.45) is 14.1. The van der Waals surface area contributed by atoms with Crippen molar-refractivity contribution in [3.63, 3.8) is 0 Å². The molecule has 4 heteroatoms. The lowest BCUT2D eigenvalue weighted by Crippen LogP contribution is -2.44. The van der Waals surface area contributed by atoms with E-state index >= 15 is 0 Å². The van der Waals surface area contributed by atoms with Crippen molar-refractivity contribution in [1.29, 1.82) is 0 Å². The van der Waals surface area contributed by atoms with Gasteiger partial charge in [0.1, 0.15) is 18.2 Å². The van der Waals surface area contributed by atoms with E-state index in [0.29, 0.717) is 19.6 Å². The summed E-state index contributed by atoms with van der Waals surface area (Å²) >= 11 is 0. The largest absolute Gasteiger partial charge is 0.493 e. The molecule has 1 unspecified atom stereocenters.